The van der Waals surface area contributed by atoms with Gasteiger partial charge in [-0.2, -0.15) is 13.2 Å². The van der Waals surface area contributed by atoms with Gasteiger partial charge >= 0.3 is 6.18 Å². The molecule has 3 nitrogen and oxygen atoms in total. The van der Waals surface area contributed by atoms with Gasteiger partial charge in [-0.25, -0.2) is 0 Å². The van der Waals surface area contributed by atoms with E-state index in [0.29, 0.717) is 6.54 Å². The lowest BCUT2D eigenvalue weighted by atomic mass is 10.2. The Morgan fingerprint density at radius 3 is 2.29 bits per heavy atom. The predicted molar refractivity (Wildman–Crippen MR) is 48.0 cm³/mol. The first-order valence-corrected chi connectivity index (χ1v) is 4.47. The van der Waals surface area contributed by atoms with Crippen LogP contribution in [-0.4, -0.2) is 50.5 Å². The standard InChI is InChI=1S/C8H17F3N2O/c1-3-13(4-5-14-2)7(6-12)8(9,10)11/h7H,3-6,12H2,1-2H3. The number of nitrogens with zero attached hydrogens (tertiary/aromatic N) is 1. The molecule has 14 heavy (non-hydrogen) atoms. The van der Waals surface area contributed by atoms with E-state index in [2.05, 4.69) is 0 Å². The molecule has 0 aromatic rings. The number of methoxy groups -OCH3 is 1. The van der Waals surface area contributed by atoms with Gasteiger partial charge in [-0.05, 0) is 6.54 Å². The van der Waals surface area contributed by atoms with Gasteiger partial charge in [-0.15, -0.1) is 0 Å². The van der Waals surface area contributed by atoms with Crippen LogP contribution in [0, 0.1) is 0 Å². The third kappa shape index (κ3) is 4.26. The average molecular weight is 214 g/mol. The van der Waals surface area contributed by atoms with Crippen LogP contribution in [0.1, 0.15) is 6.92 Å². The van der Waals surface area contributed by atoms with E-state index >= 15 is 0 Å². The Kier molecular flexibility index (Phi) is 6.06. The number of nitrogens with two attached hydrogens (primary N) is 1. The van der Waals surface area contributed by atoms with Gasteiger partial charge in [0.15, 0.2) is 0 Å². The highest BCUT2D eigenvalue weighted by Gasteiger charge is 2.41. The highest BCUT2D eigenvalue weighted by Crippen LogP contribution is 2.23. The first-order chi connectivity index (χ1) is 6.47. The summed E-state index contributed by atoms with van der Waals surface area (Å²) in [6.07, 6.45) is -4.27. The lowest BCUT2D eigenvalue weighted by Crippen LogP contribution is -2.51. The second-order valence-electron chi connectivity index (χ2n) is 2.91. The van der Waals surface area contributed by atoms with Gasteiger partial charge in [0.2, 0.25) is 0 Å². The zero-order valence-corrected chi connectivity index (χ0v) is 8.47. The average Bonchev–Trinajstić information content (AvgIpc) is 2.09. The summed E-state index contributed by atoms with van der Waals surface area (Å²) in [5, 5.41) is 0. The zero-order valence-electron chi connectivity index (χ0n) is 8.47. The van der Waals surface area contributed by atoms with Crippen molar-refractivity contribution in [3.8, 4) is 0 Å². The number of hydrogen-bond donors (Lipinski definition) is 1. The van der Waals surface area contributed by atoms with Crippen LogP contribution in [0.25, 0.3) is 0 Å². The fourth-order valence-corrected chi connectivity index (χ4v) is 1.23. The van der Waals surface area contributed by atoms with Crippen molar-refractivity contribution < 1.29 is 17.9 Å². The van der Waals surface area contributed by atoms with Crippen molar-refractivity contribution in [3.05, 3.63) is 0 Å². The van der Waals surface area contributed by atoms with E-state index in [9.17, 15) is 13.2 Å². The summed E-state index contributed by atoms with van der Waals surface area (Å²) in [5.74, 6) is 0. The molecule has 0 spiro atoms. The summed E-state index contributed by atoms with van der Waals surface area (Å²) >= 11 is 0. The Morgan fingerprint density at radius 2 is 2.00 bits per heavy atom. The van der Waals surface area contributed by atoms with E-state index in [4.69, 9.17) is 10.5 Å². The molecule has 1 atom stereocenters. The number of halogens is 3. The van der Waals surface area contributed by atoms with Crippen molar-refractivity contribution in [2.75, 3.05) is 33.4 Å². The first-order valence-electron chi connectivity index (χ1n) is 4.47. The van der Waals surface area contributed by atoms with Crippen molar-refractivity contribution in [2.45, 2.75) is 19.1 Å². The van der Waals surface area contributed by atoms with Gasteiger partial charge in [0.25, 0.3) is 0 Å². The molecule has 6 heteroatoms. The van der Waals surface area contributed by atoms with Gasteiger partial charge in [-0.1, -0.05) is 6.92 Å². The smallest absolute Gasteiger partial charge is 0.383 e. The molecule has 0 amide bonds. The molecule has 0 aliphatic heterocycles. The number of ether oxygens (including phenoxy) is 1. The van der Waals surface area contributed by atoms with E-state index < -0.39 is 18.8 Å². The van der Waals surface area contributed by atoms with Crippen molar-refractivity contribution in [2.24, 2.45) is 5.73 Å². The molecular weight excluding hydrogens is 197 g/mol. The van der Waals surface area contributed by atoms with Gasteiger partial charge in [0.05, 0.1) is 6.61 Å². The minimum Gasteiger partial charge on any atom is -0.383 e. The van der Waals surface area contributed by atoms with E-state index in [1.165, 1.54) is 12.0 Å². The predicted octanol–water partition coefficient (Wildman–Crippen LogP) is 0.844. The third-order valence-corrected chi connectivity index (χ3v) is 2.03. The van der Waals surface area contributed by atoms with Crippen LogP contribution in [-0.2, 0) is 4.74 Å². The molecule has 0 aromatic heterocycles. The summed E-state index contributed by atoms with van der Waals surface area (Å²) in [7, 11) is 1.46. The zero-order chi connectivity index (χ0) is 11.2. The SMILES string of the molecule is CCN(CCOC)C(CN)C(F)(F)F. The Balaban J connectivity index is 4.29. The van der Waals surface area contributed by atoms with Gasteiger partial charge < -0.3 is 10.5 Å². The largest absolute Gasteiger partial charge is 0.405 e. The van der Waals surface area contributed by atoms with Crippen molar-refractivity contribution >= 4 is 0 Å². The summed E-state index contributed by atoms with van der Waals surface area (Å²) in [6, 6.07) is -1.57. The molecule has 86 valence electrons. The Hall–Kier alpha value is -0.330. The minimum atomic E-state index is -4.27. The second kappa shape index (κ2) is 6.21. The Bertz CT molecular complexity index is 152. The Labute approximate surface area is 82.0 Å². The minimum absolute atomic E-state index is 0.244. The van der Waals surface area contributed by atoms with Crippen molar-refractivity contribution in [1.29, 1.82) is 0 Å². The molecule has 0 bridgehead atoms. The molecule has 2 N–H and O–H groups in total. The molecule has 0 aliphatic rings. The van der Waals surface area contributed by atoms with Crippen LogP contribution in [0.2, 0.25) is 0 Å². The van der Waals surface area contributed by atoms with E-state index in [1.54, 1.807) is 6.92 Å². The summed E-state index contributed by atoms with van der Waals surface area (Å²) in [5.41, 5.74) is 5.10. The monoisotopic (exact) mass is 214 g/mol. The molecule has 0 aromatic carbocycles. The fraction of sp³-hybridized carbons (Fsp3) is 1.00. The topological polar surface area (TPSA) is 38.5 Å². The summed E-state index contributed by atoms with van der Waals surface area (Å²) in [6.45, 7) is 2.09. The van der Waals surface area contributed by atoms with E-state index in [-0.39, 0.29) is 13.2 Å². The maximum Gasteiger partial charge on any atom is 0.405 e. The fourth-order valence-electron chi connectivity index (χ4n) is 1.23. The molecular formula is C8H17F3N2O. The van der Waals surface area contributed by atoms with E-state index in [1.807, 2.05) is 0 Å². The molecule has 0 saturated carbocycles. The molecule has 1 unspecified atom stereocenters. The van der Waals surface area contributed by atoms with Crippen LogP contribution < -0.4 is 5.73 Å². The normalized spacial score (nSPS) is 14.8. The van der Waals surface area contributed by atoms with Crippen LogP contribution in [0.15, 0.2) is 0 Å². The first kappa shape index (κ1) is 13.7. The summed E-state index contributed by atoms with van der Waals surface area (Å²) in [4.78, 5) is 1.27. The molecule has 0 saturated heterocycles. The highest BCUT2D eigenvalue weighted by molar-refractivity contribution is 4.78. The van der Waals surface area contributed by atoms with Crippen LogP contribution in [0.3, 0.4) is 0 Å². The maximum atomic E-state index is 12.4. The third-order valence-electron chi connectivity index (χ3n) is 2.03. The molecule has 0 aliphatic carbocycles. The van der Waals surface area contributed by atoms with Crippen LogP contribution in [0.4, 0.5) is 13.2 Å². The highest BCUT2D eigenvalue weighted by atomic mass is 19.4. The number of alkyl halides is 3. The van der Waals surface area contributed by atoms with Gasteiger partial charge in [0.1, 0.15) is 6.04 Å². The Morgan fingerprint density at radius 1 is 1.43 bits per heavy atom. The van der Waals surface area contributed by atoms with Crippen LogP contribution >= 0.6 is 0 Å². The van der Waals surface area contributed by atoms with Gasteiger partial charge in [-0.3, -0.25) is 4.90 Å². The van der Waals surface area contributed by atoms with Crippen LogP contribution in [0.5, 0.6) is 0 Å². The van der Waals surface area contributed by atoms with E-state index in [0.717, 1.165) is 0 Å². The molecule has 0 radical (unpaired) electrons. The quantitative estimate of drug-likeness (QED) is 0.712. The number of hydrogen-bond acceptors (Lipinski definition) is 3. The summed E-state index contributed by atoms with van der Waals surface area (Å²) < 4.78 is 42.0. The number of rotatable bonds is 6. The molecule has 0 fully saturated rings. The lowest BCUT2D eigenvalue weighted by molar-refractivity contribution is -0.181. The lowest BCUT2D eigenvalue weighted by Gasteiger charge is -2.30. The van der Waals surface area contributed by atoms with Gasteiger partial charge in [0, 0.05) is 20.2 Å². The number of likely N-dealkylation sites (N-methyl/N-ethyl adjacent to an activating group) is 1. The van der Waals surface area contributed by atoms with Crippen molar-refractivity contribution in [1.82, 2.24) is 4.90 Å². The van der Waals surface area contributed by atoms with Crippen molar-refractivity contribution in [3.63, 3.8) is 0 Å². The maximum absolute atomic E-state index is 12.4. The second-order valence-corrected chi connectivity index (χ2v) is 2.91. The molecule has 0 heterocycles. The molecule has 0 rings (SSSR count).